The molecule has 29 heavy (non-hydrogen) atoms. The van der Waals surface area contributed by atoms with Crippen molar-refractivity contribution in [2.45, 2.75) is 12.1 Å². The molecule has 0 atom stereocenters. The van der Waals surface area contributed by atoms with E-state index in [2.05, 4.69) is 15.5 Å². The number of aryl methyl sites for hydroxylation is 1. The van der Waals surface area contributed by atoms with E-state index in [1.165, 1.54) is 16.7 Å². The molecule has 2 heterocycles. The number of nitrogens with one attached hydrogen (secondary N) is 1. The van der Waals surface area contributed by atoms with Crippen LogP contribution in [0.1, 0.15) is 5.56 Å². The van der Waals surface area contributed by atoms with Crippen molar-refractivity contribution < 1.29 is 9.59 Å². The minimum absolute atomic E-state index is 0.0591. The van der Waals surface area contributed by atoms with Crippen molar-refractivity contribution in [3.8, 4) is 17.1 Å². The van der Waals surface area contributed by atoms with Crippen molar-refractivity contribution in [1.29, 1.82) is 0 Å². The van der Waals surface area contributed by atoms with E-state index in [0.29, 0.717) is 28.3 Å². The van der Waals surface area contributed by atoms with E-state index in [1.807, 2.05) is 60.0 Å². The van der Waals surface area contributed by atoms with Crippen molar-refractivity contribution in [1.82, 2.24) is 25.0 Å². The van der Waals surface area contributed by atoms with Gasteiger partial charge in [0.2, 0.25) is 5.91 Å². The summed E-state index contributed by atoms with van der Waals surface area (Å²) in [5.74, 6) is 1.01. The third-order valence-corrected chi connectivity index (χ3v) is 5.74. The Morgan fingerprint density at radius 2 is 1.86 bits per heavy atom. The number of aromatic nitrogens is 3. The number of carbonyl (C=O) groups is 2. The lowest BCUT2D eigenvalue weighted by Crippen LogP contribution is -2.32. The van der Waals surface area contributed by atoms with Gasteiger partial charge in [0, 0.05) is 22.9 Å². The number of carbonyl (C=O) groups excluding carboxylic acids is 2. The predicted octanol–water partition coefficient (Wildman–Crippen LogP) is 3.54. The van der Waals surface area contributed by atoms with Crippen molar-refractivity contribution in [2.75, 3.05) is 18.8 Å². The normalized spacial score (nSPS) is 13.8. The predicted molar refractivity (Wildman–Crippen MR) is 112 cm³/mol. The fraction of sp³-hybridized carbons (Fsp3) is 0.200. The van der Waals surface area contributed by atoms with Gasteiger partial charge in [-0.15, -0.1) is 10.2 Å². The molecule has 0 spiro atoms. The lowest BCUT2D eigenvalue weighted by atomic mass is 10.1. The molecular formula is C20H18ClN5O2S. The van der Waals surface area contributed by atoms with Crippen LogP contribution < -0.4 is 5.32 Å². The van der Waals surface area contributed by atoms with Crippen molar-refractivity contribution >= 4 is 35.3 Å². The van der Waals surface area contributed by atoms with E-state index >= 15 is 0 Å². The first-order valence-electron chi connectivity index (χ1n) is 9.03. The number of hydrogen-bond donors (Lipinski definition) is 1. The van der Waals surface area contributed by atoms with E-state index in [1.54, 1.807) is 0 Å². The van der Waals surface area contributed by atoms with Crippen LogP contribution in [0, 0.1) is 6.92 Å². The number of amides is 3. The SMILES string of the molecule is Cc1ccccc1-n1c(SCCN2C(=O)CNC2=O)nnc1-c1ccc(Cl)cc1. The highest BCUT2D eigenvalue weighted by molar-refractivity contribution is 7.99. The fourth-order valence-corrected chi connectivity index (χ4v) is 4.09. The van der Waals surface area contributed by atoms with Crippen LogP contribution >= 0.6 is 23.4 Å². The lowest BCUT2D eigenvalue weighted by molar-refractivity contribution is -0.124. The minimum Gasteiger partial charge on any atom is -0.329 e. The van der Waals surface area contributed by atoms with Crippen LogP contribution in [-0.4, -0.2) is 50.4 Å². The Labute approximate surface area is 177 Å². The molecule has 3 amide bonds. The van der Waals surface area contributed by atoms with E-state index in [9.17, 15) is 9.59 Å². The van der Waals surface area contributed by atoms with Gasteiger partial charge in [-0.25, -0.2) is 4.79 Å². The van der Waals surface area contributed by atoms with Gasteiger partial charge < -0.3 is 5.32 Å². The van der Waals surface area contributed by atoms with Crippen LogP contribution in [0.25, 0.3) is 17.1 Å². The van der Waals surface area contributed by atoms with Crippen LogP contribution in [0.4, 0.5) is 4.79 Å². The molecule has 9 heteroatoms. The van der Waals surface area contributed by atoms with E-state index < -0.39 is 0 Å². The van der Waals surface area contributed by atoms with Gasteiger partial charge in [0.25, 0.3) is 0 Å². The topological polar surface area (TPSA) is 80.1 Å². The van der Waals surface area contributed by atoms with Gasteiger partial charge in [-0.3, -0.25) is 14.3 Å². The summed E-state index contributed by atoms with van der Waals surface area (Å²) in [6.07, 6.45) is 0. The van der Waals surface area contributed by atoms with Crippen molar-refractivity contribution in [3.05, 3.63) is 59.1 Å². The molecule has 1 aromatic heterocycles. The standard InChI is InChI=1S/C20H18ClN5O2S/c1-13-4-2-3-5-16(13)26-18(14-6-8-15(21)9-7-14)23-24-20(26)29-11-10-25-17(27)12-22-19(25)28/h2-9H,10-12H2,1H3,(H,22,28). The molecule has 1 aliphatic rings. The van der Waals surface area contributed by atoms with Crippen LogP contribution in [0.3, 0.4) is 0 Å². The van der Waals surface area contributed by atoms with Crippen molar-refractivity contribution in [3.63, 3.8) is 0 Å². The second-order valence-corrected chi connectivity index (χ2v) is 7.99. The molecule has 1 fully saturated rings. The number of para-hydroxylation sites is 1. The number of hydrogen-bond acceptors (Lipinski definition) is 5. The maximum Gasteiger partial charge on any atom is 0.324 e. The van der Waals surface area contributed by atoms with Gasteiger partial charge in [-0.1, -0.05) is 41.6 Å². The summed E-state index contributed by atoms with van der Waals surface area (Å²) in [5.41, 5.74) is 2.95. The fourth-order valence-electron chi connectivity index (χ4n) is 3.09. The molecule has 0 saturated carbocycles. The number of urea groups is 1. The number of rotatable bonds is 6. The largest absolute Gasteiger partial charge is 0.329 e. The zero-order chi connectivity index (χ0) is 20.4. The van der Waals surface area contributed by atoms with Crippen LogP contribution in [0.2, 0.25) is 5.02 Å². The van der Waals surface area contributed by atoms with Gasteiger partial charge in [0.05, 0.1) is 12.2 Å². The van der Waals surface area contributed by atoms with Crippen LogP contribution in [0.15, 0.2) is 53.7 Å². The molecule has 0 unspecified atom stereocenters. The minimum atomic E-state index is -0.349. The highest BCUT2D eigenvalue weighted by Crippen LogP contribution is 2.30. The Morgan fingerprint density at radius 1 is 1.10 bits per heavy atom. The van der Waals surface area contributed by atoms with E-state index in [0.717, 1.165) is 16.8 Å². The maximum atomic E-state index is 11.8. The van der Waals surface area contributed by atoms with Gasteiger partial charge in [-0.2, -0.15) is 0 Å². The van der Waals surface area contributed by atoms with E-state index in [4.69, 9.17) is 11.6 Å². The molecule has 7 nitrogen and oxygen atoms in total. The molecule has 148 valence electrons. The Hall–Kier alpha value is -2.84. The molecular weight excluding hydrogens is 410 g/mol. The molecule has 1 N–H and O–H groups in total. The quantitative estimate of drug-likeness (QED) is 0.480. The van der Waals surface area contributed by atoms with Crippen LogP contribution in [0.5, 0.6) is 0 Å². The number of thioether (sulfide) groups is 1. The molecule has 0 radical (unpaired) electrons. The zero-order valence-electron chi connectivity index (χ0n) is 15.6. The summed E-state index contributed by atoms with van der Waals surface area (Å²) >= 11 is 7.48. The Balaban J connectivity index is 1.65. The third-order valence-electron chi connectivity index (χ3n) is 4.58. The molecule has 4 rings (SSSR count). The summed E-state index contributed by atoms with van der Waals surface area (Å²) in [4.78, 5) is 24.7. The average molecular weight is 428 g/mol. The molecule has 0 aliphatic carbocycles. The number of benzene rings is 2. The lowest BCUT2D eigenvalue weighted by Gasteiger charge is -2.14. The van der Waals surface area contributed by atoms with E-state index in [-0.39, 0.29) is 18.5 Å². The third kappa shape index (κ3) is 3.99. The highest BCUT2D eigenvalue weighted by Gasteiger charge is 2.28. The second kappa shape index (κ2) is 8.26. The summed E-state index contributed by atoms with van der Waals surface area (Å²) in [5, 5.41) is 12.6. The zero-order valence-corrected chi connectivity index (χ0v) is 17.2. The second-order valence-electron chi connectivity index (χ2n) is 6.49. The number of nitrogens with zero attached hydrogens (tertiary/aromatic N) is 4. The molecule has 1 saturated heterocycles. The van der Waals surface area contributed by atoms with Gasteiger partial charge >= 0.3 is 6.03 Å². The number of halogens is 1. The first kappa shape index (κ1) is 19.5. The molecule has 2 aromatic carbocycles. The Morgan fingerprint density at radius 3 is 2.55 bits per heavy atom. The molecule has 0 bridgehead atoms. The molecule has 3 aromatic rings. The van der Waals surface area contributed by atoms with Crippen molar-refractivity contribution in [2.24, 2.45) is 0 Å². The smallest absolute Gasteiger partial charge is 0.324 e. The Kier molecular flexibility index (Phi) is 5.55. The first-order valence-corrected chi connectivity index (χ1v) is 10.4. The summed E-state index contributed by atoms with van der Waals surface area (Å²) in [6.45, 7) is 2.40. The Bertz CT molecular complexity index is 1050. The average Bonchev–Trinajstić information content (AvgIpc) is 3.27. The summed E-state index contributed by atoms with van der Waals surface area (Å²) in [6, 6.07) is 15.1. The highest BCUT2D eigenvalue weighted by atomic mass is 35.5. The first-order chi connectivity index (χ1) is 14.0. The summed E-state index contributed by atoms with van der Waals surface area (Å²) < 4.78 is 2.00. The maximum absolute atomic E-state index is 11.8. The van der Waals surface area contributed by atoms with Crippen LogP contribution in [-0.2, 0) is 4.79 Å². The summed E-state index contributed by atoms with van der Waals surface area (Å²) in [7, 11) is 0. The number of imide groups is 1. The van der Waals surface area contributed by atoms with Gasteiger partial charge in [0.15, 0.2) is 11.0 Å². The monoisotopic (exact) mass is 427 g/mol. The van der Waals surface area contributed by atoms with Gasteiger partial charge in [-0.05, 0) is 42.8 Å². The molecule has 1 aliphatic heterocycles. The van der Waals surface area contributed by atoms with Gasteiger partial charge in [0.1, 0.15) is 0 Å².